The van der Waals surface area contributed by atoms with E-state index in [0.717, 1.165) is 6.20 Å². The number of anilines is 2. The van der Waals surface area contributed by atoms with E-state index in [-0.39, 0.29) is 17.9 Å². The molecule has 0 aliphatic heterocycles. The van der Waals surface area contributed by atoms with E-state index >= 15 is 0 Å². The van der Waals surface area contributed by atoms with Crippen LogP contribution < -0.4 is 16.6 Å². The van der Waals surface area contributed by atoms with Crippen LogP contribution in [0.3, 0.4) is 0 Å². The molecule has 0 aromatic carbocycles. The molecule has 0 aliphatic rings. The number of aromatic nitrogens is 2. The summed E-state index contributed by atoms with van der Waals surface area (Å²) in [4.78, 5) is 7.42. The lowest BCUT2D eigenvalue weighted by atomic mass is 10.4. The number of halogens is 1. The van der Waals surface area contributed by atoms with E-state index in [4.69, 9.17) is 10.6 Å². The van der Waals surface area contributed by atoms with Crippen molar-refractivity contribution in [1.82, 2.24) is 9.97 Å². The van der Waals surface area contributed by atoms with Crippen molar-refractivity contribution in [2.45, 2.75) is 13.0 Å². The molecule has 0 aliphatic carbocycles. The standard InChI is InChI=1S/C8H14FN5O/c1-5(15-2)3-11-7-6(9)4-12-8(13-7)14-10/h4-5H,3,10H2,1-2H3,(H2,11,12,13,14). The average Bonchev–Trinajstić information content (AvgIpc) is 2.27. The summed E-state index contributed by atoms with van der Waals surface area (Å²) in [6, 6.07) is 0. The average molecular weight is 215 g/mol. The maximum absolute atomic E-state index is 13.2. The molecule has 0 amide bonds. The summed E-state index contributed by atoms with van der Waals surface area (Å²) in [6.45, 7) is 2.31. The molecule has 1 atom stereocenters. The quantitative estimate of drug-likeness (QED) is 0.485. The SMILES string of the molecule is COC(C)CNc1nc(NN)ncc1F. The molecule has 4 N–H and O–H groups in total. The Kier molecular flexibility index (Phi) is 4.19. The van der Waals surface area contributed by atoms with Gasteiger partial charge in [-0.2, -0.15) is 4.98 Å². The molecule has 0 spiro atoms. The smallest absolute Gasteiger partial charge is 0.239 e. The summed E-state index contributed by atoms with van der Waals surface area (Å²) in [7, 11) is 1.58. The number of nitrogen functional groups attached to an aromatic ring is 1. The fraction of sp³-hybridized carbons (Fsp3) is 0.500. The summed E-state index contributed by atoms with van der Waals surface area (Å²) in [5.41, 5.74) is 2.24. The zero-order valence-electron chi connectivity index (χ0n) is 8.62. The Labute approximate surface area is 87.0 Å². The van der Waals surface area contributed by atoms with E-state index in [1.54, 1.807) is 7.11 Å². The van der Waals surface area contributed by atoms with Gasteiger partial charge >= 0.3 is 0 Å². The third kappa shape index (κ3) is 3.30. The van der Waals surface area contributed by atoms with Crippen LogP contribution in [0, 0.1) is 5.82 Å². The van der Waals surface area contributed by atoms with Crippen LogP contribution in [-0.2, 0) is 4.74 Å². The van der Waals surface area contributed by atoms with Crippen LogP contribution in [0.25, 0.3) is 0 Å². The molecule has 0 bridgehead atoms. The third-order valence-electron chi connectivity index (χ3n) is 1.83. The normalized spacial score (nSPS) is 12.3. The molecule has 84 valence electrons. The van der Waals surface area contributed by atoms with Crippen molar-refractivity contribution in [3.8, 4) is 0 Å². The second-order valence-electron chi connectivity index (χ2n) is 2.96. The molecular formula is C8H14FN5O. The molecule has 6 nitrogen and oxygen atoms in total. The van der Waals surface area contributed by atoms with E-state index in [1.807, 2.05) is 6.92 Å². The highest BCUT2D eigenvalue weighted by molar-refractivity contribution is 5.40. The Bertz CT molecular complexity index is 322. The monoisotopic (exact) mass is 215 g/mol. The molecular weight excluding hydrogens is 201 g/mol. The lowest BCUT2D eigenvalue weighted by Gasteiger charge is -2.11. The fourth-order valence-electron chi connectivity index (χ4n) is 0.884. The van der Waals surface area contributed by atoms with Gasteiger partial charge in [0.1, 0.15) is 0 Å². The van der Waals surface area contributed by atoms with Gasteiger partial charge in [-0.05, 0) is 6.92 Å². The predicted molar refractivity (Wildman–Crippen MR) is 54.8 cm³/mol. The zero-order valence-corrected chi connectivity index (χ0v) is 8.62. The minimum absolute atomic E-state index is 0.0337. The molecule has 15 heavy (non-hydrogen) atoms. The van der Waals surface area contributed by atoms with Crippen molar-refractivity contribution < 1.29 is 9.13 Å². The largest absolute Gasteiger partial charge is 0.380 e. The number of nitrogens with two attached hydrogens (primary N) is 1. The zero-order chi connectivity index (χ0) is 11.3. The van der Waals surface area contributed by atoms with Gasteiger partial charge in [0.05, 0.1) is 12.3 Å². The summed E-state index contributed by atoms with van der Waals surface area (Å²) in [6.07, 6.45) is 1.01. The Hall–Kier alpha value is -1.47. The van der Waals surface area contributed by atoms with Gasteiger partial charge in [-0.15, -0.1) is 0 Å². The van der Waals surface area contributed by atoms with Crippen molar-refractivity contribution in [3.05, 3.63) is 12.0 Å². The number of nitrogens with zero attached hydrogens (tertiary/aromatic N) is 2. The fourth-order valence-corrected chi connectivity index (χ4v) is 0.884. The molecule has 0 saturated carbocycles. The van der Waals surface area contributed by atoms with Gasteiger partial charge in [-0.25, -0.2) is 15.2 Å². The maximum Gasteiger partial charge on any atom is 0.239 e. The number of ether oxygens (including phenoxy) is 1. The minimum atomic E-state index is -0.530. The van der Waals surface area contributed by atoms with E-state index in [0.29, 0.717) is 6.54 Å². The molecule has 0 fully saturated rings. The first-order valence-corrected chi connectivity index (χ1v) is 4.43. The van der Waals surface area contributed by atoms with Gasteiger partial charge in [-0.1, -0.05) is 0 Å². The lowest BCUT2D eigenvalue weighted by molar-refractivity contribution is 0.128. The molecule has 7 heteroatoms. The van der Waals surface area contributed by atoms with Gasteiger partial charge in [-0.3, -0.25) is 5.43 Å². The van der Waals surface area contributed by atoms with Crippen molar-refractivity contribution >= 4 is 11.8 Å². The van der Waals surface area contributed by atoms with Gasteiger partial charge in [0.15, 0.2) is 11.6 Å². The molecule has 1 unspecified atom stereocenters. The van der Waals surface area contributed by atoms with Crippen molar-refractivity contribution in [2.75, 3.05) is 24.4 Å². The Balaban J connectivity index is 2.66. The summed E-state index contributed by atoms with van der Waals surface area (Å²) in [5.74, 6) is 4.83. The molecule has 1 aromatic heterocycles. The van der Waals surface area contributed by atoms with E-state index in [1.165, 1.54) is 0 Å². The summed E-state index contributed by atoms with van der Waals surface area (Å²) < 4.78 is 18.2. The van der Waals surface area contributed by atoms with Crippen LogP contribution in [0.15, 0.2) is 6.20 Å². The topological polar surface area (TPSA) is 85.1 Å². The molecule has 1 rings (SSSR count). The van der Waals surface area contributed by atoms with Gasteiger partial charge in [0.2, 0.25) is 5.95 Å². The first kappa shape index (κ1) is 11.6. The number of hydrazine groups is 1. The maximum atomic E-state index is 13.2. The first-order chi connectivity index (χ1) is 7.17. The van der Waals surface area contributed by atoms with E-state index in [2.05, 4.69) is 20.7 Å². The molecule has 1 heterocycles. The highest BCUT2D eigenvalue weighted by Gasteiger charge is 2.07. The van der Waals surface area contributed by atoms with Gasteiger partial charge in [0, 0.05) is 13.7 Å². The van der Waals surface area contributed by atoms with Crippen molar-refractivity contribution in [3.63, 3.8) is 0 Å². The first-order valence-electron chi connectivity index (χ1n) is 4.43. The number of rotatable bonds is 5. The lowest BCUT2D eigenvalue weighted by Crippen LogP contribution is -2.20. The van der Waals surface area contributed by atoms with Crippen molar-refractivity contribution in [1.29, 1.82) is 0 Å². The second-order valence-corrected chi connectivity index (χ2v) is 2.96. The number of hydrogen-bond donors (Lipinski definition) is 3. The highest BCUT2D eigenvalue weighted by atomic mass is 19.1. The van der Waals surface area contributed by atoms with Gasteiger partial charge in [0.25, 0.3) is 0 Å². The second kappa shape index (κ2) is 5.42. The highest BCUT2D eigenvalue weighted by Crippen LogP contribution is 2.11. The Morgan fingerprint density at radius 1 is 1.67 bits per heavy atom. The summed E-state index contributed by atoms with van der Waals surface area (Å²) in [5, 5.41) is 2.79. The molecule has 0 saturated heterocycles. The third-order valence-corrected chi connectivity index (χ3v) is 1.83. The van der Waals surface area contributed by atoms with Crippen LogP contribution in [0.4, 0.5) is 16.2 Å². The van der Waals surface area contributed by atoms with Crippen LogP contribution in [0.1, 0.15) is 6.92 Å². The predicted octanol–water partition coefficient (Wildman–Crippen LogP) is 0.348. The minimum Gasteiger partial charge on any atom is -0.380 e. The Morgan fingerprint density at radius 3 is 3.00 bits per heavy atom. The van der Waals surface area contributed by atoms with Crippen LogP contribution >= 0.6 is 0 Å². The van der Waals surface area contributed by atoms with Gasteiger partial charge < -0.3 is 10.1 Å². The summed E-state index contributed by atoms with van der Waals surface area (Å²) >= 11 is 0. The number of nitrogens with one attached hydrogen (secondary N) is 2. The van der Waals surface area contributed by atoms with Crippen LogP contribution in [0.5, 0.6) is 0 Å². The molecule has 0 radical (unpaired) electrons. The van der Waals surface area contributed by atoms with E-state index < -0.39 is 5.82 Å². The van der Waals surface area contributed by atoms with Crippen LogP contribution in [-0.4, -0.2) is 29.7 Å². The Morgan fingerprint density at radius 2 is 2.40 bits per heavy atom. The van der Waals surface area contributed by atoms with Crippen LogP contribution in [0.2, 0.25) is 0 Å². The molecule has 1 aromatic rings. The van der Waals surface area contributed by atoms with Crippen molar-refractivity contribution in [2.24, 2.45) is 5.84 Å². The number of methoxy groups -OCH3 is 1. The number of hydrogen-bond acceptors (Lipinski definition) is 6. The van der Waals surface area contributed by atoms with E-state index in [9.17, 15) is 4.39 Å².